The summed E-state index contributed by atoms with van der Waals surface area (Å²) in [5, 5.41) is 16.5. The Labute approximate surface area is 70.0 Å². The van der Waals surface area contributed by atoms with Gasteiger partial charge >= 0.3 is 0 Å². The number of rotatable bonds is 1. The van der Waals surface area contributed by atoms with E-state index in [2.05, 4.69) is 4.98 Å². The fourth-order valence-corrected chi connectivity index (χ4v) is 0.815. The van der Waals surface area contributed by atoms with Crippen LogP contribution in [0.15, 0.2) is 6.07 Å². The van der Waals surface area contributed by atoms with Crippen molar-refractivity contribution < 1.29 is 5.11 Å². The maximum absolute atomic E-state index is 9.21. The molecular formula is C7H12N4O. The molecule has 1 aromatic heterocycles. The summed E-state index contributed by atoms with van der Waals surface area (Å²) in [4.78, 5) is 3.88. The van der Waals surface area contributed by atoms with Crippen molar-refractivity contribution in [2.75, 3.05) is 5.84 Å². The van der Waals surface area contributed by atoms with Gasteiger partial charge in [-0.25, -0.2) is 4.98 Å². The quantitative estimate of drug-likeness (QED) is 0.512. The van der Waals surface area contributed by atoms with Gasteiger partial charge in [-0.1, -0.05) is 13.8 Å². The van der Waals surface area contributed by atoms with E-state index in [1.807, 2.05) is 13.8 Å². The SMILES string of the molecule is CC(C)c1cc(O)n(N)c(=N)n1. The molecule has 0 unspecified atom stereocenters. The summed E-state index contributed by atoms with van der Waals surface area (Å²) in [6, 6.07) is 1.46. The van der Waals surface area contributed by atoms with Crippen LogP contribution in [0, 0.1) is 5.41 Å². The zero-order chi connectivity index (χ0) is 9.30. The Morgan fingerprint density at radius 1 is 1.67 bits per heavy atom. The Morgan fingerprint density at radius 2 is 2.25 bits per heavy atom. The van der Waals surface area contributed by atoms with Crippen LogP contribution in [-0.2, 0) is 0 Å². The monoisotopic (exact) mass is 168 g/mol. The number of nitrogens with zero attached hydrogens (tertiary/aromatic N) is 2. The van der Waals surface area contributed by atoms with Crippen LogP contribution in [0.1, 0.15) is 25.5 Å². The number of hydrogen-bond acceptors (Lipinski definition) is 4. The summed E-state index contributed by atoms with van der Waals surface area (Å²) in [7, 11) is 0. The lowest BCUT2D eigenvalue weighted by Crippen LogP contribution is -2.30. The molecule has 5 heteroatoms. The van der Waals surface area contributed by atoms with Crippen molar-refractivity contribution in [2.45, 2.75) is 19.8 Å². The van der Waals surface area contributed by atoms with Crippen LogP contribution < -0.4 is 11.5 Å². The van der Waals surface area contributed by atoms with Crippen LogP contribution >= 0.6 is 0 Å². The maximum Gasteiger partial charge on any atom is 0.244 e. The number of aromatic nitrogens is 2. The molecular weight excluding hydrogens is 156 g/mol. The predicted octanol–water partition coefficient (Wildman–Crippen LogP) is -0.0946. The van der Waals surface area contributed by atoms with Crippen molar-refractivity contribution in [3.8, 4) is 5.88 Å². The Bertz CT molecular complexity index is 342. The second-order valence-corrected chi connectivity index (χ2v) is 2.89. The molecule has 66 valence electrons. The average Bonchev–Trinajstić information content (AvgIpc) is 1.99. The molecule has 1 rings (SSSR count). The van der Waals surface area contributed by atoms with Crippen LogP contribution in [0.5, 0.6) is 5.88 Å². The molecule has 0 spiro atoms. The minimum atomic E-state index is -0.140. The third kappa shape index (κ3) is 1.39. The summed E-state index contributed by atoms with van der Waals surface area (Å²) < 4.78 is 0.825. The number of aromatic hydroxyl groups is 1. The Morgan fingerprint density at radius 3 is 2.67 bits per heavy atom. The highest BCUT2D eigenvalue weighted by atomic mass is 16.3. The molecule has 4 N–H and O–H groups in total. The van der Waals surface area contributed by atoms with Gasteiger partial charge in [0.2, 0.25) is 11.5 Å². The molecule has 0 aliphatic carbocycles. The topological polar surface area (TPSA) is 87.9 Å². The van der Waals surface area contributed by atoms with Crippen LogP contribution in [0.25, 0.3) is 0 Å². The van der Waals surface area contributed by atoms with Crippen LogP contribution in [0.4, 0.5) is 0 Å². The fourth-order valence-electron chi connectivity index (χ4n) is 0.815. The van der Waals surface area contributed by atoms with Gasteiger partial charge in [-0.2, -0.15) is 4.68 Å². The zero-order valence-electron chi connectivity index (χ0n) is 7.07. The molecule has 0 saturated carbocycles. The molecule has 1 heterocycles. The van der Waals surface area contributed by atoms with Crippen LogP contribution in [-0.4, -0.2) is 14.8 Å². The maximum atomic E-state index is 9.21. The lowest BCUT2D eigenvalue weighted by atomic mass is 10.1. The van der Waals surface area contributed by atoms with E-state index < -0.39 is 0 Å². The van der Waals surface area contributed by atoms with E-state index in [1.165, 1.54) is 6.07 Å². The average molecular weight is 168 g/mol. The summed E-state index contributed by atoms with van der Waals surface area (Å²) in [5.74, 6) is 5.31. The van der Waals surface area contributed by atoms with E-state index in [4.69, 9.17) is 11.3 Å². The first-order valence-electron chi connectivity index (χ1n) is 3.65. The van der Waals surface area contributed by atoms with Crippen molar-refractivity contribution >= 4 is 0 Å². The molecule has 0 radical (unpaired) electrons. The van der Waals surface area contributed by atoms with Gasteiger partial charge < -0.3 is 10.9 Å². The van der Waals surface area contributed by atoms with Gasteiger partial charge in [0.25, 0.3) is 0 Å². The van der Waals surface area contributed by atoms with Gasteiger partial charge in [0.1, 0.15) is 0 Å². The third-order valence-corrected chi connectivity index (χ3v) is 1.58. The standard InChI is InChI=1S/C7H12N4O/c1-4(2)5-3-6(12)11(9)7(8)10-5/h3-4,8,12H,9H2,1-2H3. The minimum Gasteiger partial charge on any atom is -0.493 e. The van der Waals surface area contributed by atoms with E-state index in [0.29, 0.717) is 5.69 Å². The summed E-state index contributed by atoms with van der Waals surface area (Å²) >= 11 is 0. The van der Waals surface area contributed by atoms with Gasteiger partial charge in [0.05, 0.1) is 5.69 Å². The largest absolute Gasteiger partial charge is 0.493 e. The number of nitrogens with one attached hydrogen (secondary N) is 1. The molecule has 0 amide bonds. The molecule has 0 aliphatic heterocycles. The van der Waals surface area contributed by atoms with Crippen molar-refractivity contribution in [3.05, 3.63) is 17.4 Å². The van der Waals surface area contributed by atoms with Crippen molar-refractivity contribution in [3.63, 3.8) is 0 Å². The second kappa shape index (κ2) is 2.84. The lowest BCUT2D eigenvalue weighted by Gasteiger charge is -2.07. The van der Waals surface area contributed by atoms with Crippen LogP contribution in [0.3, 0.4) is 0 Å². The second-order valence-electron chi connectivity index (χ2n) is 2.89. The Hall–Kier alpha value is -1.52. The van der Waals surface area contributed by atoms with E-state index in [-0.39, 0.29) is 17.4 Å². The molecule has 0 saturated heterocycles. The molecule has 12 heavy (non-hydrogen) atoms. The molecule has 0 bridgehead atoms. The van der Waals surface area contributed by atoms with Gasteiger partial charge in [-0.15, -0.1) is 0 Å². The highest BCUT2D eigenvalue weighted by Gasteiger charge is 2.05. The van der Waals surface area contributed by atoms with E-state index >= 15 is 0 Å². The predicted molar refractivity (Wildman–Crippen MR) is 44.0 cm³/mol. The van der Waals surface area contributed by atoms with Gasteiger partial charge in [0, 0.05) is 6.07 Å². The highest BCUT2D eigenvalue weighted by Crippen LogP contribution is 2.12. The number of hydrogen-bond donors (Lipinski definition) is 3. The molecule has 0 atom stereocenters. The van der Waals surface area contributed by atoms with Crippen molar-refractivity contribution in [1.82, 2.24) is 9.66 Å². The number of nitrogen functional groups attached to an aromatic ring is 1. The first-order valence-corrected chi connectivity index (χ1v) is 3.65. The fraction of sp³-hybridized carbons (Fsp3) is 0.429. The smallest absolute Gasteiger partial charge is 0.244 e. The first-order chi connectivity index (χ1) is 5.52. The Balaban J connectivity index is 3.31. The van der Waals surface area contributed by atoms with Gasteiger partial charge in [0.15, 0.2) is 0 Å². The van der Waals surface area contributed by atoms with Crippen molar-refractivity contribution in [2.24, 2.45) is 0 Å². The molecule has 0 aliphatic rings. The van der Waals surface area contributed by atoms with E-state index in [0.717, 1.165) is 4.68 Å². The summed E-state index contributed by atoms with van der Waals surface area (Å²) in [5.41, 5.74) is 0.526. The first kappa shape index (κ1) is 8.58. The summed E-state index contributed by atoms with van der Waals surface area (Å²) in [6.07, 6.45) is 0. The van der Waals surface area contributed by atoms with Gasteiger partial charge in [-0.05, 0) is 5.92 Å². The number of nitrogens with two attached hydrogens (primary N) is 1. The molecule has 1 aromatic rings. The van der Waals surface area contributed by atoms with E-state index in [9.17, 15) is 5.11 Å². The molecule has 5 nitrogen and oxygen atoms in total. The zero-order valence-corrected chi connectivity index (χ0v) is 7.07. The third-order valence-electron chi connectivity index (χ3n) is 1.58. The summed E-state index contributed by atoms with van der Waals surface area (Å²) in [6.45, 7) is 3.87. The molecule has 0 fully saturated rings. The molecule has 0 aromatic carbocycles. The Kier molecular flexibility index (Phi) is 2.03. The minimum absolute atomic E-state index is 0.140. The van der Waals surface area contributed by atoms with Crippen molar-refractivity contribution in [1.29, 1.82) is 5.41 Å². The normalized spacial score (nSPS) is 10.6. The van der Waals surface area contributed by atoms with E-state index in [1.54, 1.807) is 0 Å². The lowest BCUT2D eigenvalue weighted by molar-refractivity contribution is 0.421. The van der Waals surface area contributed by atoms with Crippen LogP contribution in [0.2, 0.25) is 0 Å². The van der Waals surface area contributed by atoms with Gasteiger partial charge in [-0.3, -0.25) is 5.41 Å². The highest BCUT2D eigenvalue weighted by molar-refractivity contribution is 5.15.